The highest BCUT2D eigenvalue weighted by molar-refractivity contribution is 6.00. The van der Waals surface area contributed by atoms with Crippen LogP contribution in [0.25, 0.3) is 11.0 Å². The predicted molar refractivity (Wildman–Crippen MR) is 76.5 cm³/mol. The van der Waals surface area contributed by atoms with Gasteiger partial charge in [0.05, 0.1) is 11.0 Å². The minimum atomic E-state index is -0.660. The van der Waals surface area contributed by atoms with Crippen molar-refractivity contribution in [2.24, 2.45) is 12.8 Å². The molecule has 0 aliphatic carbocycles. The Bertz CT molecular complexity index is 802. The number of amides is 2. The lowest BCUT2D eigenvalue weighted by molar-refractivity contribution is -0.135. The number of aryl methyl sites for hydroxylation is 1. The van der Waals surface area contributed by atoms with Crippen molar-refractivity contribution in [1.29, 1.82) is 0 Å². The van der Waals surface area contributed by atoms with Crippen molar-refractivity contribution < 1.29 is 9.59 Å². The molecule has 0 radical (unpaired) electrons. The Morgan fingerprint density at radius 1 is 1.33 bits per heavy atom. The first-order valence-corrected chi connectivity index (χ1v) is 6.77. The third-order valence-electron chi connectivity index (χ3n) is 3.93. The van der Waals surface area contributed by atoms with Crippen molar-refractivity contribution in [3.8, 4) is 0 Å². The number of nitrogens with two attached hydrogens (primary N) is 1. The van der Waals surface area contributed by atoms with E-state index in [1.807, 2.05) is 12.1 Å². The van der Waals surface area contributed by atoms with Crippen LogP contribution in [0.5, 0.6) is 0 Å². The molecule has 1 saturated heterocycles. The number of rotatable bonds is 2. The fraction of sp³-hybridized carbons (Fsp3) is 0.357. The summed E-state index contributed by atoms with van der Waals surface area (Å²) in [6, 6.07) is 4.80. The summed E-state index contributed by atoms with van der Waals surface area (Å²) in [7, 11) is 1.66. The van der Waals surface area contributed by atoms with E-state index < -0.39 is 11.9 Å². The summed E-state index contributed by atoms with van der Waals surface area (Å²) in [4.78, 5) is 35.8. The Hall–Kier alpha value is -2.41. The van der Waals surface area contributed by atoms with Gasteiger partial charge in [0.25, 0.3) is 0 Å². The number of carbonyl (C=O) groups is 2. The first-order chi connectivity index (χ1) is 10.0. The number of nitrogens with one attached hydrogen (secondary N) is 1. The number of imide groups is 1. The van der Waals surface area contributed by atoms with Crippen molar-refractivity contribution in [2.75, 3.05) is 0 Å². The third-order valence-corrected chi connectivity index (χ3v) is 3.93. The van der Waals surface area contributed by atoms with Crippen molar-refractivity contribution in [2.45, 2.75) is 25.4 Å². The second-order valence-corrected chi connectivity index (χ2v) is 5.17. The van der Waals surface area contributed by atoms with Gasteiger partial charge >= 0.3 is 5.69 Å². The Morgan fingerprint density at radius 2 is 2.10 bits per heavy atom. The lowest BCUT2D eigenvalue weighted by atomic mass is 10.1. The second kappa shape index (κ2) is 4.85. The van der Waals surface area contributed by atoms with Gasteiger partial charge in [-0.2, -0.15) is 0 Å². The van der Waals surface area contributed by atoms with Crippen molar-refractivity contribution in [1.82, 2.24) is 14.5 Å². The topological polar surface area (TPSA) is 99.1 Å². The molecule has 1 aliphatic heterocycles. The molecule has 2 amide bonds. The van der Waals surface area contributed by atoms with E-state index in [1.54, 1.807) is 13.1 Å². The molecule has 1 aliphatic rings. The van der Waals surface area contributed by atoms with Crippen LogP contribution in [0.2, 0.25) is 0 Å². The summed E-state index contributed by atoms with van der Waals surface area (Å²) >= 11 is 0. The zero-order chi connectivity index (χ0) is 15.1. The zero-order valence-corrected chi connectivity index (χ0v) is 11.6. The van der Waals surface area contributed by atoms with Crippen LogP contribution in [0.1, 0.15) is 24.4 Å². The van der Waals surface area contributed by atoms with Crippen molar-refractivity contribution >= 4 is 22.8 Å². The van der Waals surface area contributed by atoms with E-state index in [4.69, 9.17) is 5.73 Å². The van der Waals surface area contributed by atoms with Gasteiger partial charge in [0.15, 0.2) is 0 Å². The molecule has 1 atom stereocenters. The standard InChI is InChI=1S/C14H16N4O3/c1-17-12-8(7-15)3-2-4-9(12)18(14(17)21)10-5-6-11(19)16-13(10)20/h2-4,10H,5-7,15H2,1H3,(H,16,19,20). The summed E-state index contributed by atoms with van der Waals surface area (Å²) < 4.78 is 2.96. The summed E-state index contributed by atoms with van der Waals surface area (Å²) in [6.45, 7) is 0.310. The molecule has 2 heterocycles. The van der Waals surface area contributed by atoms with E-state index in [2.05, 4.69) is 5.32 Å². The minimum absolute atomic E-state index is 0.232. The van der Waals surface area contributed by atoms with Crippen LogP contribution in [0.3, 0.4) is 0 Å². The van der Waals surface area contributed by atoms with Crippen LogP contribution in [-0.4, -0.2) is 20.9 Å². The minimum Gasteiger partial charge on any atom is -0.326 e. The molecule has 110 valence electrons. The smallest absolute Gasteiger partial charge is 0.326 e. The van der Waals surface area contributed by atoms with Gasteiger partial charge in [0.2, 0.25) is 11.8 Å². The molecule has 21 heavy (non-hydrogen) atoms. The molecule has 0 bridgehead atoms. The monoisotopic (exact) mass is 288 g/mol. The average molecular weight is 288 g/mol. The third kappa shape index (κ3) is 1.97. The number of benzene rings is 1. The van der Waals surface area contributed by atoms with Gasteiger partial charge in [-0.25, -0.2) is 4.79 Å². The van der Waals surface area contributed by atoms with Gasteiger partial charge in [0.1, 0.15) is 6.04 Å². The molecular weight excluding hydrogens is 272 g/mol. The molecule has 0 saturated carbocycles. The molecule has 7 nitrogen and oxygen atoms in total. The second-order valence-electron chi connectivity index (χ2n) is 5.17. The normalized spacial score (nSPS) is 19.0. The number of para-hydroxylation sites is 1. The summed E-state index contributed by atoms with van der Waals surface area (Å²) in [5, 5.41) is 2.29. The summed E-state index contributed by atoms with van der Waals surface area (Å²) in [5.74, 6) is -0.730. The SMILES string of the molecule is Cn1c(=O)n(C2CCC(=O)NC2=O)c2cccc(CN)c21. The fourth-order valence-corrected chi connectivity index (χ4v) is 2.91. The quantitative estimate of drug-likeness (QED) is 0.746. The van der Waals surface area contributed by atoms with Crippen molar-refractivity contribution in [3.05, 3.63) is 34.2 Å². The number of hydrogen-bond donors (Lipinski definition) is 2. The first-order valence-electron chi connectivity index (χ1n) is 6.77. The number of fused-ring (bicyclic) bond motifs is 1. The van der Waals surface area contributed by atoms with E-state index >= 15 is 0 Å². The number of imidazole rings is 1. The molecule has 0 spiro atoms. The molecule has 1 aromatic heterocycles. The summed E-state index contributed by atoms with van der Waals surface area (Å²) in [6.07, 6.45) is 0.562. The van der Waals surface area contributed by atoms with Gasteiger partial charge < -0.3 is 5.73 Å². The van der Waals surface area contributed by atoms with Crippen LogP contribution in [0.4, 0.5) is 0 Å². The number of carbonyl (C=O) groups excluding carboxylic acids is 2. The maximum Gasteiger partial charge on any atom is 0.329 e. The largest absolute Gasteiger partial charge is 0.329 e. The van der Waals surface area contributed by atoms with E-state index in [-0.39, 0.29) is 18.0 Å². The molecule has 7 heteroatoms. The highest BCUT2D eigenvalue weighted by atomic mass is 16.2. The maximum absolute atomic E-state index is 12.5. The Morgan fingerprint density at radius 3 is 2.76 bits per heavy atom. The predicted octanol–water partition coefficient (Wildman–Crippen LogP) is -0.224. The number of piperidine rings is 1. The van der Waals surface area contributed by atoms with E-state index in [0.717, 1.165) is 11.1 Å². The Kier molecular flexibility index (Phi) is 3.13. The zero-order valence-electron chi connectivity index (χ0n) is 11.6. The van der Waals surface area contributed by atoms with Crippen LogP contribution in [0.15, 0.2) is 23.0 Å². The molecule has 2 aromatic rings. The molecule has 3 rings (SSSR count). The Balaban J connectivity index is 2.24. The number of hydrogen-bond acceptors (Lipinski definition) is 4. The highest BCUT2D eigenvalue weighted by Gasteiger charge is 2.31. The molecule has 1 unspecified atom stereocenters. The summed E-state index contributed by atoms with van der Waals surface area (Å²) in [5.41, 5.74) is 7.69. The van der Waals surface area contributed by atoms with Gasteiger partial charge in [-0.15, -0.1) is 0 Å². The van der Waals surface area contributed by atoms with E-state index in [0.29, 0.717) is 18.5 Å². The lowest BCUT2D eigenvalue weighted by Crippen LogP contribution is -2.44. The maximum atomic E-state index is 12.5. The van der Waals surface area contributed by atoms with E-state index in [1.165, 1.54) is 9.13 Å². The van der Waals surface area contributed by atoms with Crippen LogP contribution in [0, 0.1) is 0 Å². The van der Waals surface area contributed by atoms with Gasteiger partial charge in [-0.3, -0.25) is 24.0 Å². The van der Waals surface area contributed by atoms with Crippen LogP contribution in [-0.2, 0) is 23.2 Å². The molecule has 1 fully saturated rings. The van der Waals surface area contributed by atoms with Gasteiger partial charge in [0, 0.05) is 20.0 Å². The fourth-order valence-electron chi connectivity index (χ4n) is 2.91. The first kappa shape index (κ1) is 13.6. The van der Waals surface area contributed by atoms with Crippen molar-refractivity contribution in [3.63, 3.8) is 0 Å². The van der Waals surface area contributed by atoms with Crippen LogP contribution < -0.4 is 16.7 Å². The Labute approximate surface area is 120 Å². The average Bonchev–Trinajstić information content (AvgIpc) is 2.72. The molecule has 1 aromatic carbocycles. The van der Waals surface area contributed by atoms with Gasteiger partial charge in [-0.1, -0.05) is 12.1 Å². The highest BCUT2D eigenvalue weighted by Crippen LogP contribution is 2.24. The molecular formula is C14H16N4O3. The molecule has 3 N–H and O–H groups in total. The van der Waals surface area contributed by atoms with E-state index in [9.17, 15) is 14.4 Å². The lowest BCUT2D eigenvalue weighted by Gasteiger charge is -2.21. The van der Waals surface area contributed by atoms with Gasteiger partial charge in [-0.05, 0) is 18.1 Å². The van der Waals surface area contributed by atoms with Crippen LogP contribution >= 0.6 is 0 Å². The number of nitrogens with zero attached hydrogens (tertiary/aromatic N) is 2. The number of aromatic nitrogens is 2.